The van der Waals surface area contributed by atoms with Crippen LogP contribution in [0, 0.1) is 5.82 Å². The van der Waals surface area contributed by atoms with Crippen molar-refractivity contribution in [2.75, 3.05) is 5.32 Å². The summed E-state index contributed by atoms with van der Waals surface area (Å²) in [6.45, 7) is -0.502. The lowest BCUT2D eigenvalue weighted by atomic mass is 10.1. The summed E-state index contributed by atoms with van der Waals surface area (Å²) in [4.78, 5) is 29.3. The minimum absolute atomic E-state index is 0.283. The quantitative estimate of drug-likeness (QED) is 0.452. The molecule has 4 rings (SSSR count). The van der Waals surface area contributed by atoms with E-state index in [-0.39, 0.29) is 4.70 Å². The van der Waals surface area contributed by atoms with E-state index in [0.29, 0.717) is 16.6 Å². The van der Waals surface area contributed by atoms with Crippen LogP contribution in [0.5, 0.6) is 0 Å². The maximum absolute atomic E-state index is 13.2. The van der Waals surface area contributed by atoms with Gasteiger partial charge in [-0.1, -0.05) is 24.3 Å². The summed E-state index contributed by atoms with van der Waals surface area (Å²) in [7, 11) is 0. The van der Waals surface area contributed by atoms with Crippen LogP contribution < -0.4 is 10.9 Å². The second kappa shape index (κ2) is 7.95. The molecule has 4 aromatic rings. The second-order valence-corrected chi connectivity index (χ2v) is 7.48. The van der Waals surface area contributed by atoms with E-state index in [9.17, 15) is 27.2 Å². The van der Waals surface area contributed by atoms with Gasteiger partial charge in [0.15, 0.2) is 0 Å². The van der Waals surface area contributed by atoms with E-state index in [0.717, 1.165) is 28.0 Å². The lowest BCUT2D eigenvalue weighted by Gasteiger charge is -2.13. The van der Waals surface area contributed by atoms with Crippen molar-refractivity contribution in [3.8, 4) is 11.1 Å². The zero-order chi connectivity index (χ0) is 22.2. The van der Waals surface area contributed by atoms with Crippen molar-refractivity contribution in [3.63, 3.8) is 0 Å². The number of alkyl halides is 3. The Hall–Kier alpha value is -3.53. The molecule has 2 heterocycles. The molecule has 1 amide bonds. The molecule has 0 saturated heterocycles. The molecule has 10 heteroatoms. The Kier molecular flexibility index (Phi) is 5.32. The van der Waals surface area contributed by atoms with Crippen LogP contribution in [-0.2, 0) is 17.5 Å². The first-order chi connectivity index (χ1) is 14.7. The molecule has 5 nitrogen and oxygen atoms in total. The summed E-state index contributed by atoms with van der Waals surface area (Å²) >= 11 is 1.12. The minimum atomic E-state index is -4.63. The number of aromatic nitrogens is 2. The number of nitrogens with one attached hydrogen (secondary N) is 1. The van der Waals surface area contributed by atoms with E-state index in [1.807, 2.05) is 0 Å². The van der Waals surface area contributed by atoms with E-state index in [1.165, 1.54) is 30.6 Å². The van der Waals surface area contributed by atoms with Gasteiger partial charge in [0.2, 0.25) is 5.91 Å². The molecule has 0 aliphatic rings. The van der Waals surface area contributed by atoms with Gasteiger partial charge in [0.1, 0.15) is 17.1 Å². The van der Waals surface area contributed by atoms with Crippen LogP contribution in [0.2, 0.25) is 0 Å². The van der Waals surface area contributed by atoms with Gasteiger partial charge in [0.25, 0.3) is 5.56 Å². The van der Waals surface area contributed by atoms with Gasteiger partial charge in [0.05, 0.1) is 23.1 Å². The maximum atomic E-state index is 13.2. The first-order valence-corrected chi connectivity index (χ1v) is 9.80. The van der Waals surface area contributed by atoms with Gasteiger partial charge < -0.3 is 5.32 Å². The lowest BCUT2D eigenvalue weighted by Crippen LogP contribution is -2.28. The molecule has 158 valence electrons. The molecule has 0 aliphatic carbocycles. The fourth-order valence-electron chi connectivity index (χ4n) is 3.07. The average molecular weight is 447 g/mol. The van der Waals surface area contributed by atoms with Gasteiger partial charge in [0, 0.05) is 10.9 Å². The van der Waals surface area contributed by atoms with Gasteiger partial charge in [-0.15, -0.1) is 11.3 Å². The number of carbonyl (C=O) groups excluding carboxylic acids is 1. The lowest BCUT2D eigenvalue weighted by molar-refractivity contribution is -0.137. The van der Waals surface area contributed by atoms with Crippen molar-refractivity contribution < 1.29 is 22.4 Å². The molecule has 0 unspecified atom stereocenters. The Labute approximate surface area is 176 Å². The van der Waals surface area contributed by atoms with Crippen LogP contribution in [0.3, 0.4) is 0 Å². The summed E-state index contributed by atoms with van der Waals surface area (Å²) in [6.07, 6.45) is -3.46. The maximum Gasteiger partial charge on any atom is 0.418 e. The summed E-state index contributed by atoms with van der Waals surface area (Å²) in [5.74, 6) is -1.19. The number of hydrogen-bond donors (Lipinski definition) is 1. The molecule has 2 aromatic carbocycles. The van der Waals surface area contributed by atoms with E-state index < -0.39 is 41.3 Å². The molecule has 0 spiro atoms. The van der Waals surface area contributed by atoms with Crippen LogP contribution in [0.15, 0.2) is 65.0 Å². The van der Waals surface area contributed by atoms with Crippen molar-refractivity contribution in [3.05, 3.63) is 82.0 Å². The van der Waals surface area contributed by atoms with Crippen molar-refractivity contribution in [1.29, 1.82) is 0 Å². The standard InChI is InChI=1S/C21H13F4N3O2S/c22-13-7-5-12(6-8-13)14-10-31-19-18(14)26-11-28(20(19)30)9-17(29)27-16-4-2-1-3-15(16)21(23,24)25/h1-8,10-11H,9H2,(H,27,29). The molecular weight excluding hydrogens is 434 g/mol. The van der Waals surface area contributed by atoms with Crippen LogP contribution in [0.4, 0.5) is 23.2 Å². The summed E-state index contributed by atoms with van der Waals surface area (Å²) in [5, 5.41) is 3.90. The van der Waals surface area contributed by atoms with Gasteiger partial charge in [-0.05, 0) is 29.8 Å². The van der Waals surface area contributed by atoms with Crippen molar-refractivity contribution in [1.82, 2.24) is 9.55 Å². The van der Waals surface area contributed by atoms with Gasteiger partial charge in [-0.25, -0.2) is 9.37 Å². The van der Waals surface area contributed by atoms with Crippen LogP contribution in [0.1, 0.15) is 5.56 Å². The Bertz CT molecular complexity index is 1330. The first-order valence-electron chi connectivity index (χ1n) is 8.92. The third-order valence-electron chi connectivity index (χ3n) is 4.52. The monoisotopic (exact) mass is 447 g/mol. The molecule has 0 saturated carbocycles. The van der Waals surface area contributed by atoms with E-state index in [1.54, 1.807) is 17.5 Å². The fraction of sp³-hybridized carbons (Fsp3) is 0.0952. The predicted molar refractivity (Wildman–Crippen MR) is 109 cm³/mol. The molecule has 0 atom stereocenters. The topological polar surface area (TPSA) is 64.0 Å². The average Bonchev–Trinajstić information content (AvgIpc) is 3.15. The first kappa shape index (κ1) is 20.7. The smallest absolute Gasteiger partial charge is 0.324 e. The Morgan fingerprint density at radius 3 is 2.52 bits per heavy atom. The number of rotatable bonds is 4. The third kappa shape index (κ3) is 4.19. The van der Waals surface area contributed by atoms with Crippen molar-refractivity contribution >= 4 is 33.1 Å². The molecule has 0 bridgehead atoms. The summed E-state index contributed by atoms with van der Waals surface area (Å²) in [5.41, 5.74) is -0.141. The van der Waals surface area contributed by atoms with E-state index in [2.05, 4.69) is 10.3 Å². The highest BCUT2D eigenvalue weighted by Gasteiger charge is 2.33. The van der Waals surface area contributed by atoms with Gasteiger partial charge >= 0.3 is 6.18 Å². The molecule has 2 aromatic heterocycles. The molecule has 0 fully saturated rings. The molecule has 31 heavy (non-hydrogen) atoms. The minimum Gasteiger partial charge on any atom is -0.324 e. The number of anilines is 1. The molecule has 0 aliphatic heterocycles. The largest absolute Gasteiger partial charge is 0.418 e. The second-order valence-electron chi connectivity index (χ2n) is 6.60. The molecule has 0 radical (unpaired) electrons. The summed E-state index contributed by atoms with van der Waals surface area (Å²) < 4.78 is 53.7. The number of thiophene rings is 1. The van der Waals surface area contributed by atoms with Crippen LogP contribution >= 0.6 is 11.3 Å². The Morgan fingerprint density at radius 2 is 1.81 bits per heavy atom. The number of carbonyl (C=O) groups is 1. The van der Waals surface area contributed by atoms with Crippen molar-refractivity contribution in [2.45, 2.75) is 12.7 Å². The SMILES string of the molecule is O=C(Cn1cnc2c(-c3ccc(F)cc3)csc2c1=O)Nc1ccccc1C(F)(F)F. The predicted octanol–water partition coefficient (Wildman–Crippen LogP) is 4.92. The third-order valence-corrected chi connectivity index (χ3v) is 5.48. The number of nitrogens with zero attached hydrogens (tertiary/aromatic N) is 2. The van der Waals surface area contributed by atoms with E-state index >= 15 is 0 Å². The molecular formula is C21H13F4N3O2S. The number of halogens is 4. The Morgan fingerprint density at radius 1 is 1.10 bits per heavy atom. The Balaban J connectivity index is 1.60. The molecule has 1 N–H and O–H groups in total. The number of fused-ring (bicyclic) bond motifs is 1. The van der Waals surface area contributed by atoms with Crippen LogP contribution in [0.25, 0.3) is 21.3 Å². The normalized spacial score (nSPS) is 11.6. The zero-order valence-electron chi connectivity index (χ0n) is 15.6. The van der Waals surface area contributed by atoms with Crippen molar-refractivity contribution in [2.24, 2.45) is 0 Å². The highest BCUT2D eigenvalue weighted by atomic mass is 32.1. The highest BCUT2D eigenvalue weighted by Crippen LogP contribution is 2.34. The highest BCUT2D eigenvalue weighted by molar-refractivity contribution is 7.17. The number of hydrogen-bond acceptors (Lipinski definition) is 4. The zero-order valence-corrected chi connectivity index (χ0v) is 16.4. The fourth-order valence-corrected chi connectivity index (χ4v) is 4.05. The van der Waals surface area contributed by atoms with Gasteiger partial charge in [-0.2, -0.15) is 13.2 Å². The number of benzene rings is 2. The number of para-hydroxylation sites is 1. The van der Waals surface area contributed by atoms with Gasteiger partial charge in [-0.3, -0.25) is 14.2 Å². The number of amides is 1. The summed E-state index contributed by atoms with van der Waals surface area (Å²) in [6, 6.07) is 10.3. The van der Waals surface area contributed by atoms with Crippen LogP contribution in [-0.4, -0.2) is 15.5 Å². The van der Waals surface area contributed by atoms with E-state index in [4.69, 9.17) is 0 Å².